The summed E-state index contributed by atoms with van der Waals surface area (Å²) in [6, 6.07) is 19.9. The second-order valence-electron chi connectivity index (χ2n) is 4.81. The lowest BCUT2D eigenvalue weighted by Crippen LogP contribution is -2.00. The van der Waals surface area contributed by atoms with Crippen molar-refractivity contribution < 1.29 is 4.39 Å². The molecule has 2 aromatic carbocycles. The molecular formula is C18H15FN2. The standard InChI is InChI=1S/C18H15FN2/c19-17-10-14(11-20-13-17)12-21-18-8-6-16(7-9-18)15-4-2-1-3-5-15/h1-11,13,21H,12H2. The molecule has 0 saturated carbocycles. The van der Waals surface area contributed by atoms with E-state index in [0.29, 0.717) is 6.54 Å². The zero-order valence-electron chi connectivity index (χ0n) is 11.5. The third kappa shape index (κ3) is 3.45. The fourth-order valence-corrected chi connectivity index (χ4v) is 2.17. The van der Waals surface area contributed by atoms with E-state index in [2.05, 4.69) is 34.6 Å². The third-order valence-corrected chi connectivity index (χ3v) is 3.25. The van der Waals surface area contributed by atoms with Gasteiger partial charge >= 0.3 is 0 Å². The van der Waals surface area contributed by atoms with Crippen molar-refractivity contribution >= 4 is 5.69 Å². The van der Waals surface area contributed by atoms with Gasteiger partial charge in [0.05, 0.1) is 6.20 Å². The van der Waals surface area contributed by atoms with Gasteiger partial charge in [-0.05, 0) is 34.9 Å². The van der Waals surface area contributed by atoms with Crippen molar-refractivity contribution in [3.63, 3.8) is 0 Å². The van der Waals surface area contributed by atoms with Crippen LogP contribution in [0.15, 0.2) is 73.1 Å². The summed E-state index contributed by atoms with van der Waals surface area (Å²) >= 11 is 0. The lowest BCUT2D eigenvalue weighted by atomic mass is 10.1. The van der Waals surface area contributed by atoms with E-state index in [1.165, 1.54) is 23.4 Å². The molecule has 0 spiro atoms. The van der Waals surface area contributed by atoms with Gasteiger partial charge in [-0.25, -0.2) is 4.39 Å². The van der Waals surface area contributed by atoms with E-state index in [0.717, 1.165) is 11.3 Å². The van der Waals surface area contributed by atoms with E-state index >= 15 is 0 Å². The summed E-state index contributed by atoms with van der Waals surface area (Å²) in [5.41, 5.74) is 4.19. The number of rotatable bonds is 4. The number of anilines is 1. The first-order valence-corrected chi connectivity index (χ1v) is 6.80. The highest BCUT2D eigenvalue weighted by molar-refractivity contribution is 5.65. The first-order chi connectivity index (χ1) is 10.3. The minimum Gasteiger partial charge on any atom is -0.381 e. The Bertz CT molecular complexity index is 709. The van der Waals surface area contributed by atoms with Crippen LogP contribution in [0.1, 0.15) is 5.56 Å². The summed E-state index contributed by atoms with van der Waals surface area (Å²) in [5.74, 6) is -0.311. The van der Waals surface area contributed by atoms with Crippen molar-refractivity contribution in [1.82, 2.24) is 4.98 Å². The molecule has 0 radical (unpaired) electrons. The van der Waals surface area contributed by atoms with Gasteiger partial charge in [0.1, 0.15) is 5.82 Å². The third-order valence-electron chi connectivity index (χ3n) is 3.25. The van der Waals surface area contributed by atoms with Gasteiger partial charge in [-0.1, -0.05) is 42.5 Å². The number of halogens is 1. The van der Waals surface area contributed by atoms with Crippen LogP contribution in [0.5, 0.6) is 0 Å². The molecule has 0 saturated heterocycles. The van der Waals surface area contributed by atoms with Gasteiger partial charge < -0.3 is 5.32 Å². The minimum absolute atomic E-state index is 0.311. The van der Waals surface area contributed by atoms with Gasteiger partial charge in [-0.15, -0.1) is 0 Å². The summed E-state index contributed by atoms with van der Waals surface area (Å²) in [7, 11) is 0. The lowest BCUT2D eigenvalue weighted by Gasteiger charge is -2.08. The van der Waals surface area contributed by atoms with Crippen LogP contribution in [0.2, 0.25) is 0 Å². The molecule has 21 heavy (non-hydrogen) atoms. The summed E-state index contributed by atoms with van der Waals surface area (Å²) < 4.78 is 13.0. The zero-order valence-corrected chi connectivity index (χ0v) is 11.5. The average molecular weight is 278 g/mol. The smallest absolute Gasteiger partial charge is 0.141 e. The second kappa shape index (κ2) is 6.18. The maximum Gasteiger partial charge on any atom is 0.141 e. The Morgan fingerprint density at radius 2 is 1.57 bits per heavy atom. The molecule has 0 fully saturated rings. The van der Waals surface area contributed by atoms with Crippen LogP contribution >= 0.6 is 0 Å². The number of nitrogens with zero attached hydrogens (tertiary/aromatic N) is 1. The number of hydrogen-bond acceptors (Lipinski definition) is 2. The predicted octanol–water partition coefficient (Wildman–Crippen LogP) is 4.50. The summed E-state index contributed by atoms with van der Waals surface area (Å²) in [6.07, 6.45) is 2.87. The topological polar surface area (TPSA) is 24.9 Å². The number of nitrogens with one attached hydrogen (secondary N) is 1. The minimum atomic E-state index is -0.311. The van der Waals surface area contributed by atoms with Crippen molar-refractivity contribution in [1.29, 1.82) is 0 Å². The van der Waals surface area contributed by atoms with Crippen molar-refractivity contribution in [2.45, 2.75) is 6.54 Å². The Labute approximate surface area is 123 Å². The van der Waals surface area contributed by atoms with Crippen molar-refractivity contribution in [2.24, 2.45) is 0 Å². The molecular weight excluding hydrogens is 263 g/mol. The zero-order chi connectivity index (χ0) is 14.5. The molecule has 0 amide bonds. The van der Waals surface area contributed by atoms with Crippen LogP contribution < -0.4 is 5.32 Å². The molecule has 104 valence electrons. The predicted molar refractivity (Wildman–Crippen MR) is 83.4 cm³/mol. The SMILES string of the molecule is Fc1cncc(CNc2ccc(-c3ccccc3)cc2)c1. The molecule has 1 aromatic heterocycles. The molecule has 3 aromatic rings. The molecule has 3 rings (SSSR count). The average Bonchev–Trinajstić information content (AvgIpc) is 2.54. The van der Waals surface area contributed by atoms with Crippen LogP contribution in [-0.2, 0) is 6.54 Å². The Balaban J connectivity index is 1.68. The van der Waals surface area contributed by atoms with Crippen LogP contribution in [0.25, 0.3) is 11.1 Å². The summed E-state index contributed by atoms with van der Waals surface area (Å²) in [6.45, 7) is 0.551. The largest absolute Gasteiger partial charge is 0.381 e. The Morgan fingerprint density at radius 3 is 2.29 bits per heavy atom. The Morgan fingerprint density at radius 1 is 0.857 bits per heavy atom. The van der Waals surface area contributed by atoms with Crippen molar-refractivity contribution in [3.8, 4) is 11.1 Å². The first-order valence-electron chi connectivity index (χ1n) is 6.80. The highest BCUT2D eigenvalue weighted by atomic mass is 19.1. The molecule has 1 N–H and O–H groups in total. The van der Waals surface area contributed by atoms with Gasteiger partial charge in [0.15, 0.2) is 0 Å². The molecule has 1 heterocycles. The van der Waals surface area contributed by atoms with E-state index in [1.807, 2.05) is 30.3 Å². The number of aromatic nitrogens is 1. The van der Waals surface area contributed by atoms with Gasteiger partial charge in [0.2, 0.25) is 0 Å². The molecule has 0 aliphatic rings. The van der Waals surface area contributed by atoms with Gasteiger partial charge in [-0.3, -0.25) is 4.98 Å². The molecule has 0 aliphatic heterocycles. The highest BCUT2D eigenvalue weighted by Gasteiger charge is 1.99. The van der Waals surface area contributed by atoms with Crippen LogP contribution in [0.3, 0.4) is 0 Å². The van der Waals surface area contributed by atoms with E-state index in [9.17, 15) is 4.39 Å². The molecule has 3 heteroatoms. The molecule has 0 unspecified atom stereocenters. The molecule has 0 bridgehead atoms. The van der Waals surface area contributed by atoms with Gasteiger partial charge in [0, 0.05) is 18.4 Å². The van der Waals surface area contributed by atoms with Crippen molar-refractivity contribution in [2.75, 3.05) is 5.32 Å². The Kier molecular flexibility index (Phi) is 3.92. The fraction of sp³-hybridized carbons (Fsp3) is 0.0556. The van der Waals surface area contributed by atoms with E-state index < -0.39 is 0 Å². The number of pyridine rings is 1. The number of hydrogen-bond donors (Lipinski definition) is 1. The van der Waals surface area contributed by atoms with Crippen LogP contribution in [-0.4, -0.2) is 4.98 Å². The van der Waals surface area contributed by atoms with Gasteiger partial charge in [0.25, 0.3) is 0 Å². The maximum absolute atomic E-state index is 13.0. The van der Waals surface area contributed by atoms with Crippen molar-refractivity contribution in [3.05, 3.63) is 84.4 Å². The van der Waals surface area contributed by atoms with Gasteiger partial charge in [-0.2, -0.15) is 0 Å². The highest BCUT2D eigenvalue weighted by Crippen LogP contribution is 2.21. The molecule has 0 aliphatic carbocycles. The van der Waals surface area contributed by atoms with E-state index in [1.54, 1.807) is 6.20 Å². The fourth-order valence-electron chi connectivity index (χ4n) is 2.17. The molecule has 2 nitrogen and oxygen atoms in total. The monoisotopic (exact) mass is 278 g/mol. The van der Waals surface area contributed by atoms with Crippen LogP contribution in [0, 0.1) is 5.82 Å². The quantitative estimate of drug-likeness (QED) is 0.760. The van der Waals surface area contributed by atoms with Crippen LogP contribution in [0.4, 0.5) is 10.1 Å². The maximum atomic E-state index is 13.0. The normalized spacial score (nSPS) is 10.3. The molecule has 0 atom stereocenters. The Hall–Kier alpha value is -2.68. The first kappa shape index (κ1) is 13.3. The summed E-state index contributed by atoms with van der Waals surface area (Å²) in [4.78, 5) is 3.84. The summed E-state index contributed by atoms with van der Waals surface area (Å²) in [5, 5.41) is 3.26. The van der Waals surface area contributed by atoms with E-state index in [4.69, 9.17) is 0 Å². The van der Waals surface area contributed by atoms with E-state index in [-0.39, 0.29) is 5.82 Å². The second-order valence-corrected chi connectivity index (χ2v) is 4.81. The lowest BCUT2D eigenvalue weighted by molar-refractivity contribution is 0.619. The number of benzene rings is 2.